The summed E-state index contributed by atoms with van der Waals surface area (Å²) < 4.78 is 5.30. The maximum atomic E-state index is 6.46. The molecule has 2 aromatic heterocycles. The summed E-state index contributed by atoms with van der Waals surface area (Å²) in [6.07, 6.45) is 5.65. The first-order valence-electron chi connectivity index (χ1n) is 6.82. The van der Waals surface area contributed by atoms with Gasteiger partial charge in [-0.25, -0.2) is 4.98 Å². The van der Waals surface area contributed by atoms with Gasteiger partial charge in [0.15, 0.2) is 5.82 Å². The van der Waals surface area contributed by atoms with Crippen molar-refractivity contribution in [1.82, 2.24) is 15.1 Å². The summed E-state index contributed by atoms with van der Waals surface area (Å²) in [6.45, 7) is 2.21. The zero-order valence-corrected chi connectivity index (χ0v) is 12.1. The number of halogens is 1. The van der Waals surface area contributed by atoms with Gasteiger partial charge in [-0.2, -0.15) is 4.98 Å². The molecular formula is C14H17ClN4O. The molecule has 1 aliphatic rings. The quantitative estimate of drug-likeness (QED) is 0.920. The maximum absolute atomic E-state index is 6.46. The van der Waals surface area contributed by atoms with Crippen molar-refractivity contribution < 1.29 is 4.52 Å². The fraction of sp³-hybridized carbons (Fsp3) is 0.500. The van der Waals surface area contributed by atoms with E-state index in [4.69, 9.17) is 21.9 Å². The summed E-state index contributed by atoms with van der Waals surface area (Å²) in [5.41, 5.74) is 6.59. The molecule has 2 atom stereocenters. The number of hydrogen-bond acceptors (Lipinski definition) is 5. The standard InChI is InChI=1S/C14H17ClN4O/c1-9-3-2-6-14(16,7-9)13-18-12(20-19-13)11-5-4-10(15)8-17-11/h4-5,8-9H,2-3,6-7,16H2,1H3. The molecule has 1 aliphatic carbocycles. The minimum Gasteiger partial charge on any atom is -0.332 e. The summed E-state index contributed by atoms with van der Waals surface area (Å²) in [6, 6.07) is 3.50. The highest BCUT2D eigenvalue weighted by Gasteiger charge is 2.37. The Balaban J connectivity index is 1.88. The van der Waals surface area contributed by atoms with Crippen LogP contribution < -0.4 is 5.73 Å². The minimum absolute atomic E-state index is 0.389. The zero-order valence-electron chi connectivity index (χ0n) is 11.3. The van der Waals surface area contributed by atoms with Crippen LogP contribution in [0.25, 0.3) is 11.6 Å². The molecule has 1 fully saturated rings. The number of nitrogens with zero attached hydrogens (tertiary/aromatic N) is 3. The van der Waals surface area contributed by atoms with E-state index in [1.807, 2.05) is 0 Å². The zero-order chi connectivity index (χ0) is 14.2. The van der Waals surface area contributed by atoms with Crippen LogP contribution in [0.4, 0.5) is 0 Å². The lowest BCUT2D eigenvalue weighted by atomic mass is 9.76. The van der Waals surface area contributed by atoms with Crippen LogP contribution in [0.5, 0.6) is 0 Å². The summed E-state index contributed by atoms with van der Waals surface area (Å²) in [4.78, 5) is 8.61. The second kappa shape index (κ2) is 5.14. The molecule has 2 aromatic rings. The van der Waals surface area contributed by atoms with Gasteiger partial charge in [0, 0.05) is 6.20 Å². The molecule has 1 saturated carbocycles. The predicted molar refractivity (Wildman–Crippen MR) is 76.0 cm³/mol. The van der Waals surface area contributed by atoms with Crippen LogP contribution in [0.1, 0.15) is 38.4 Å². The molecule has 106 valence electrons. The van der Waals surface area contributed by atoms with E-state index in [1.165, 1.54) is 6.42 Å². The lowest BCUT2D eigenvalue weighted by Crippen LogP contribution is -2.42. The fourth-order valence-corrected chi connectivity index (χ4v) is 2.94. The van der Waals surface area contributed by atoms with E-state index < -0.39 is 5.54 Å². The average Bonchev–Trinajstić information content (AvgIpc) is 2.90. The molecule has 2 N–H and O–H groups in total. The molecule has 0 bridgehead atoms. The van der Waals surface area contributed by atoms with Crippen molar-refractivity contribution in [2.24, 2.45) is 11.7 Å². The Hall–Kier alpha value is -1.46. The Kier molecular flexibility index (Phi) is 3.48. The van der Waals surface area contributed by atoms with E-state index in [9.17, 15) is 0 Å². The van der Waals surface area contributed by atoms with Crippen LogP contribution in [0.3, 0.4) is 0 Å². The first-order valence-corrected chi connectivity index (χ1v) is 7.20. The van der Waals surface area contributed by atoms with E-state index in [2.05, 4.69) is 22.0 Å². The number of aromatic nitrogens is 3. The lowest BCUT2D eigenvalue weighted by molar-refractivity contribution is 0.222. The third-order valence-electron chi connectivity index (χ3n) is 3.85. The fourth-order valence-electron chi connectivity index (χ4n) is 2.83. The van der Waals surface area contributed by atoms with Crippen LogP contribution in [0.2, 0.25) is 5.02 Å². The second-order valence-corrected chi connectivity index (χ2v) is 6.08. The first-order chi connectivity index (χ1) is 9.57. The Morgan fingerprint density at radius 1 is 1.45 bits per heavy atom. The van der Waals surface area contributed by atoms with Gasteiger partial charge in [-0.15, -0.1) is 0 Å². The lowest BCUT2D eigenvalue weighted by Gasteiger charge is -2.33. The van der Waals surface area contributed by atoms with Crippen LogP contribution in [0, 0.1) is 5.92 Å². The average molecular weight is 293 g/mol. The van der Waals surface area contributed by atoms with Gasteiger partial charge >= 0.3 is 0 Å². The Morgan fingerprint density at radius 3 is 3.00 bits per heavy atom. The summed E-state index contributed by atoms with van der Waals surface area (Å²) in [5, 5.41) is 4.63. The molecule has 0 aliphatic heterocycles. The van der Waals surface area contributed by atoms with E-state index in [-0.39, 0.29) is 0 Å². The summed E-state index contributed by atoms with van der Waals surface area (Å²) in [7, 11) is 0. The molecule has 2 unspecified atom stereocenters. The molecular weight excluding hydrogens is 276 g/mol. The van der Waals surface area contributed by atoms with Gasteiger partial charge in [-0.05, 0) is 30.9 Å². The van der Waals surface area contributed by atoms with Crippen molar-refractivity contribution in [3.8, 4) is 11.6 Å². The van der Waals surface area contributed by atoms with E-state index >= 15 is 0 Å². The molecule has 0 radical (unpaired) electrons. The Labute approximate surface area is 122 Å². The van der Waals surface area contributed by atoms with Crippen molar-refractivity contribution >= 4 is 11.6 Å². The number of rotatable bonds is 2. The van der Waals surface area contributed by atoms with Crippen LogP contribution in [-0.2, 0) is 5.54 Å². The molecule has 2 heterocycles. The normalized spacial score (nSPS) is 26.6. The van der Waals surface area contributed by atoms with Gasteiger partial charge in [0.25, 0.3) is 5.89 Å². The van der Waals surface area contributed by atoms with Crippen molar-refractivity contribution in [3.05, 3.63) is 29.2 Å². The molecule has 20 heavy (non-hydrogen) atoms. The van der Waals surface area contributed by atoms with Crippen molar-refractivity contribution in [1.29, 1.82) is 0 Å². The highest BCUT2D eigenvalue weighted by Crippen LogP contribution is 2.36. The Bertz CT molecular complexity index is 597. The number of hydrogen-bond donors (Lipinski definition) is 1. The molecule has 6 heteroatoms. The summed E-state index contributed by atoms with van der Waals surface area (Å²) in [5.74, 6) is 1.56. The topological polar surface area (TPSA) is 77.8 Å². The van der Waals surface area contributed by atoms with Crippen LogP contribution in [0.15, 0.2) is 22.9 Å². The highest BCUT2D eigenvalue weighted by atomic mass is 35.5. The molecule has 0 amide bonds. The second-order valence-electron chi connectivity index (χ2n) is 5.64. The van der Waals surface area contributed by atoms with Crippen LogP contribution >= 0.6 is 11.6 Å². The van der Waals surface area contributed by atoms with E-state index in [0.29, 0.717) is 28.3 Å². The molecule has 5 nitrogen and oxygen atoms in total. The summed E-state index contributed by atoms with van der Waals surface area (Å²) >= 11 is 5.82. The smallest absolute Gasteiger partial charge is 0.276 e. The van der Waals surface area contributed by atoms with E-state index in [0.717, 1.165) is 19.3 Å². The van der Waals surface area contributed by atoms with Gasteiger partial charge in [-0.1, -0.05) is 36.5 Å². The number of nitrogens with two attached hydrogens (primary N) is 1. The Morgan fingerprint density at radius 2 is 2.30 bits per heavy atom. The van der Waals surface area contributed by atoms with E-state index in [1.54, 1.807) is 18.3 Å². The third kappa shape index (κ3) is 2.55. The van der Waals surface area contributed by atoms with Crippen molar-refractivity contribution in [2.75, 3.05) is 0 Å². The largest absolute Gasteiger partial charge is 0.332 e. The molecule has 3 rings (SSSR count). The first kappa shape index (κ1) is 13.5. The van der Waals surface area contributed by atoms with Gasteiger partial charge in [0.05, 0.1) is 10.6 Å². The maximum Gasteiger partial charge on any atom is 0.276 e. The molecule has 0 aromatic carbocycles. The predicted octanol–water partition coefficient (Wildman–Crippen LogP) is 3.15. The van der Waals surface area contributed by atoms with Gasteiger partial charge in [0.1, 0.15) is 5.69 Å². The monoisotopic (exact) mass is 292 g/mol. The van der Waals surface area contributed by atoms with Gasteiger partial charge in [0.2, 0.25) is 0 Å². The SMILES string of the molecule is CC1CCCC(N)(c2noc(-c3ccc(Cl)cn3)n2)C1. The van der Waals surface area contributed by atoms with Gasteiger partial charge < -0.3 is 10.3 Å². The van der Waals surface area contributed by atoms with Crippen molar-refractivity contribution in [3.63, 3.8) is 0 Å². The molecule has 0 saturated heterocycles. The highest BCUT2D eigenvalue weighted by molar-refractivity contribution is 6.30. The molecule has 0 spiro atoms. The van der Waals surface area contributed by atoms with Crippen molar-refractivity contribution in [2.45, 2.75) is 38.1 Å². The number of pyridine rings is 1. The van der Waals surface area contributed by atoms with Gasteiger partial charge in [-0.3, -0.25) is 0 Å². The van der Waals surface area contributed by atoms with Crippen LogP contribution in [-0.4, -0.2) is 15.1 Å². The third-order valence-corrected chi connectivity index (χ3v) is 4.07. The minimum atomic E-state index is -0.480.